The van der Waals surface area contributed by atoms with E-state index >= 15 is 0 Å². The Kier molecular flexibility index (Phi) is 6.09. The molecule has 0 bridgehead atoms. The number of hydrogen-bond acceptors (Lipinski definition) is 7. The fraction of sp³-hybridized carbons (Fsp3) is 0.158. The lowest BCUT2D eigenvalue weighted by atomic mass is 10.0. The van der Waals surface area contributed by atoms with Crippen LogP contribution in [0.1, 0.15) is 11.1 Å². The van der Waals surface area contributed by atoms with E-state index in [2.05, 4.69) is 10.2 Å². The van der Waals surface area contributed by atoms with Gasteiger partial charge in [-0.1, -0.05) is 17.7 Å². The average molecular weight is 485 g/mol. The molecule has 9 nitrogen and oxygen atoms in total. The van der Waals surface area contributed by atoms with Gasteiger partial charge in [0.05, 0.1) is 22.7 Å². The topological polar surface area (TPSA) is 143 Å². The van der Waals surface area contributed by atoms with Crippen LogP contribution in [0.4, 0.5) is 11.4 Å². The molecule has 0 saturated heterocycles. The summed E-state index contributed by atoms with van der Waals surface area (Å²) in [7, 11) is -7.81. The number of benzene rings is 3. The van der Waals surface area contributed by atoms with E-state index in [0.29, 0.717) is 33.0 Å². The summed E-state index contributed by atoms with van der Waals surface area (Å²) in [5.41, 5.74) is 1.22. The van der Waals surface area contributed by atoms with Crippen molar-refractivity contribution in [2.75, 3.05) is 7.11 Å². The molecule has 0 aliphatic rings. The Morgan fingerprint density at radius 1 is 0.935 bits per heavy atom. The molecule has 0 atom stereocenters. The second-order valence-electron chi connectivity index (χ2n) is 6.65. The maximum atomic E-state index is 12.0. The highest BCUT2D eigenvalue weighted by Crippen LogP contribution is 2.38. The van der Waals surface area contributed by atoms with Gasteiger partial charge in [-0.3, -0.25) is 9.11 Å². The van der Waals surface area contributed by atoms with Crippen LogP contribution < -0.4 is 4.74 Å². The van der Waals surface area contributed by atoms with E-state index in [1.54, 1.807) is 19.9 Å². The average Bonchev–Trinajstić information content (AvgIpc) is 2.66. The summed E-state index contributed by atoms with van der Waals surface area (Å²) in [4.78, 5) is -0.980. The Labute approximate surface area is 183 Å². The van der Waals surface area contributed by atoms with Gasteiger partial charge in [0.2, 0.25) is 0 Å². The molecule has 0 fully saturated rings. The monoisotopic (exact) mass is 484 g/mol. The molecule has 3 rings (SSSR count). The van der Waals surface area contributed by atoms with Gasteiger partial charge in [0.25, 0.3) is 20.2 Å². The predicted octanol–water partition coefficient (Wildman–Crippen LogP) is 5.03. The number of methoxy groups -OCH3 is 1. The van der Waals surface area contributed by atoms with Crippen molar-refractivity contribution in [2.45, 2.75) is 23.6 Å². The molecule has 31 heavy (non-hydrogen) atoms. The number of nitrogens with zero attached hydrogens (tertiary/aromatic N) is 2. The van der Waals surface area contributed by atoms with Gasteiger partial charge in [-0.05, 0) is 60.0 Å². The third-order valence-corrected chi connectivity index (χ3v) is 6.62. The first-order chi connectivity index (χ1) is 14.3. The van der Waals surface area contributed by atoms with Crippen LogP contribution in [-0.2, 0) is 20.2 Å². The molecule has 3 aromatic carbocycles. The molecule has 2 N–H and O–H groups in total. The molecule has 0 amide bonds. The normalized spacial score (nSPS) is 12.6. The van der Waals surface area contributed by atoms with Gasteiger partial charge in [-0.15, -0.1) is 5.11 Å². The van der Waals surface area contributed by atoms with Gasteiger partial charge in [-0.25, -0.2) is 0 Å². The summed E-state index contributed by atoms with van der Waals surface area (Å²) >= 11 is 6.07. The molecule has 0 radical (unpaired) electrons. The fourth-order valence-electron chi connectivity index (χ4n) is 3.02. The number of halogens is 1. The summed E-state index contributed by atoms with van der Waals surface area (Å²) in [6.07, 6.45) is 0. The first-order valence-electron chi connectivity index (χ1n) is 8.61. The molecule has 3 aromatic rings. The first kappa shape index (κ1) is 23.1. The zero-order valence-electron chi connectivity index (χ0n) is 16.5. The summed E-state index contributed by atoms with van der Waals surface area (Å²) in [6, 6.07) is 7.88. The van der Waals surface area contributed by atoms with Crippen molar-refractivity contribution in [3.63, 3.8) is 0 Å². The van der Waals surface area contributed by atoms with Gasteiger partial charge in [0.15, 0.2) is 0 Å². The summed E-state index contributed by atoms with van der Waals surface area (Å²) in [6.45, 7) is 3.28. The quantitative estimate of drug-likeness (QED) is 0.382. The Bertz CT molecular complexity index is 1450. The summed E-state index contributed by atoms with van der Waals surface area (Å²) in [5, 5.41) is 9.15. The van der Waals surface area contributed by atoms with E-state index in [1.807, 2.05) is 0 Å². The Hall–Kier alpha value is -2.57. The van der Waals surface area contributed by atoms with Gasteiger partial charge >= 0.3 is 0 Å². The van der Waals surface area contributed by atoms with Gasteiger partial charge in [0, 0.05) is 6.07 Å². The number of aryl methyl sites for hydroxylation is 2. The Balaban J connectivity index is 2.27. The molecule has 164 valence electrons. The van der Waals surface area contributed by atoms with Crippen LogP contribution in [0.2, 0.25) is 5.02 Å². The minimum atomic E-state index is -4.74. The van der Waals surface area contributed by atoms with Crippen LogP contribution in [0.3, 0.4) is 0 Å². The van der Waals surface area contributed by atoms with E-state index in [9.17, 15) is 25.9 Å². The van der Waals surface area contributed by atoms with Crippen LogP contribution in [0.15, 0.2) is 56.4 Å². The molecule has 0 aliphatic carbocycles. The lowest BCUT2D eigenvalue weighted by molar-refractivity contribution is 0.415. The van der Waals surface area contributed by atoms with E-state index in [0.717, 1.165) is 12.1 Å². The van der Waals surface area contributed by atoms with Crippen LogP contribution in [0, 0.1) is 13.8 Å². The number of azo groups is 1. The van der Waals surface area contributed by atoms with Crippen LogP contribution in [-0.4, -0.2) is 33.1 Å². The largest absolute Gasteiger partial charge is 0.495 e. The minimum Gasteiger partial charge on any atom is -0.495 e. The third kappa shape index (κ3) is 4.70. The smallest absolute Gasteiger partial charge is 0.296 e. The van der Waals surface area contributed by atoms with Crippen molar-refractivity contribution < 1.29 is 30.7 Å². The van der Waals surface area contributed by atoms with Crippen molar-refractivity contribution in [3.8, 4) is 5.75 Å². The van der Waals surface area contributed by atoms with E-state index in [1.165, 1.54) is 25.3 Å². The molecule has 0 unspecified atom stereocenters. The zero-order valence-corrected chi connectivity index (χ0v) is 18.9. The van der Waals surface area contributed by atoms with Crippen molar-refractivity contribution in [2.24, 2.45) is 10.2 Å². The van der Waals surface area contributed by atoms with Crippen molar-refractivity contribution >= 4 is 54.0 Å². The number of fused-ring (bicyclic) bond motifs is 1. The van der Waals surface area contributed by atoms with Crippen LogP contribution in [0.5, 0.6) is 5.75 Å². The Morgan fingerprint density at radius 2 is 1.61 bits per heavy atom. The lowest BCUT2D eigenvalue weighted by Gasteiger charge is -2.11. The molecular weight excluding hydrogens is 468 g/mol. The fourth-order valence-corrected chi connectivity index (χ4v) is 4.54. The van der Waals surface area contributed by atoms with Crippen LogP contribution >= 0.6 is 11.6 Å². The predicted molar refractivity (Wildman–Crippen MR) is 115 cm³/mol. The van der Waals surface area contributed by atoms with Crippen molar-refractivity contribution in [1.29, 1.82) is 0 Å². The first-order valence-corrected chi connectivity index (χ1v) is 11.9. The summed E-state index contributed by atoms with van der Waals surface area (Å²) < 4.78 is 71.0. The highest BCUT2D eigenvalue weighted by molar-refractivity contribution is 7.86. The van der Waals surface area contributed by atoms with Gasteiger partial charge in [0.1, 0.15) is 16.3 Å². The van der Waals surface area contributed by atoms with Crippen LogP contribution in [0.25, 0.3) is 10.8 Å². The number of ether oxygens (including phenoxy) is 1. The molecule has 0 heterocycles. The zero-order chi connectivity index (χ0) is 23.1. The second kappa shape index (κ2) is 8.17. The highest BCUT2D eigenvalue weighted by atomic mass is 35.5. The van der Waals surface area contributed by atoms with Gasteiger partial charge in [-0.2, -0.15) is 21.9 Å². The van der Waals surface area contributed by atoms with E-state index < -0.39 is 30.0 Å². The summed E-state index contributed by atoms with van der Waals surface area (Å²) in [5.74, 6) is 0.351. The maximum absolute atomic E-state index is 12.0. The Morgan fingerprint density at radius 3 is 2.19 bits per heavy atom. The molecular formula is C19H17ClN2O7S2. The number of rotatable bonds is 5. The standard InChI is InChI=1S/C19H17ClN2O7S2/c1-10-6-15(20)17(29-3)9-16(10)21-22-19-11(2)14-5-4-13(30(23,24)25)7-12(14)8-18(19)31(26,27)28/h4-9H,1-3H3,(H,23,24,25)(H,26,27,28)/b22-21+. The van der Waals surface area contributed by atoms with E-state index in [4.69, 9.17) is 16.3 Å². The van der Waals surface area contributed by atoms with E-state index in [-0.39, 0.29) is 11.1 Å². The SMILES string of the molecule is COc1cc(/N=N/c2c(S(=O)(=O)O)cc3cc(S(=O)(=O)O)ccc3c2C)c(C)cc1Cl. The molecule has 0 aromatic heterocycles. The molecule has 0 aliphatic heterocycles. The van der Waals surface area contributed by atoms with Gasteiger partial charge < -0.3 is 4.74 Å². The minimum absolute atomic E-state index is 0.122. The molecule has 0 spiro atoms. The molecule has 0 saturated carbocycles. The second-order valence-corrected chi connectivity index (χ2v) is 9.87. The van der Waals surface area contributed by atoms with Crippen molar-refractivity contribution in [3.05, 3.63) is 52.5 Å². The maximum Gasteiger partial charge on any atom is 0.296 e. The van der Waals surface area contributed by atoms with Crippen molar-refractivity contribution in [1.82, 2.24) is 0 Å². The molecule has 12 heteroatoms. The third-order valence-electron chi connectivity index (χ3n) is 4.61. The number of hydrogen-bond donors (Lipinski definition) is 2. The lowest BCUT2D eigenvalue weighted by Crippen LogP contribution is -2.01. The highest BCUT2D eigenvalue weighted by Gasteiger charge is 2.21.